The standard InChI is InChI=1S/C18H21FN2O4/c1-11-6-8-21(15(10-11)18(24)25)17(23)14-7-9-20(16(14)22)13-4-2-12(19)3-5-13/h2-5,11,14-15H,6-10H2,1H3,(H,24,25). The van der Waals surface area contributed by atoms with Gasteiger partial charge in [-0.3, -0.25) is 9.59 Å². The molecule has 2 heterocycles. The van der Waals surface area contributed by atoms with Crippen LogP contribution in [0.3, 0.4) is 0 Å². The van der Waals surface area contributed by atoms with Crippen molar-refractivity contribution in [3.8, 4) is 0 Å². The molecule has 2 aliphatic rings. The van der Waals surface area contributed by atoms with E-state index in [4.69, 9.17) is 0 Å². The van der Waals surface area contributed by atoms with E-state index in [9.17, 15) is 23.9 Å². The second-order valence-corrected chi connectivity index (χ2v) is 6.82. The molecule has 0 spiro atoms. The first-order valence-corrected chi connectivity index (χ1v) is 8.48. The molecule has 2 aliphatic heterocycles. The fourth-order valence-corrected chi connectivity index (χ4v) is 3.63. The molecule has 3 unspecified atom stereocenters. The van der Waals surface area contributed by atoms with Crippen molar-refractivity contribution >= 4 is 23.5 Å². The van der Waals surface area contributed by atoms with Gasteiger partial charge in [0, 0.05) is 18.8 Å². The van der Waals surface area contributed by atoms with E-state index in [1.807, 2.05) is 6.92 Å². The van der Waals surface area contributed by atoms with E-state index in [0.717, 1.165) is 6.42 Å². The topological polar surface area (TPSA) is 77.9 Å². The normalized spacial score (nSPS) is 26.8. The molecule has 1 N–H and O–H groups in total. The molecule has 7 heteroatoms. The number of hydrogen-bond acceptors (Lipinski definition) is 3. The van der Waals surface area contributed by atoms with E-state index in [2.05, 4.69) is 0 Å². The first-order valence-electron chi connectivity index (χ1n) is 8.48. The van der Waals surface area contributed by atoms with Gasteiger partial charge in [0.2, 0.25) is 11.8 Å². The van der Waals surface area contributed by atoms with E-state index < -0.39 is 29.7 Å². The van der Waals surface area contributed by atoms with Crippen LogP contribution < -0.4 is 4.90 Å². The van der Waals surface area contributed by atoms with Crippen molar-refractivity contribution < 1.29 is 23.9 Å². The fourth-order valence-electron chi connectivity index (χ4n) is 3.63. The average molecular weight is 348 g/mol. The zero-order valence-corrected chi connectivity index (χ0v) is 14.0. The van der Waals surface area contributed by atoms with Crippen LogP contribution >= 0.6 is 0 Å². The molecule has 0 bridgehead atoms. The van der Waals surface area contributed by atoms with Crippen LogP contribution in [-0.2, 0) is 14.4 Å². The lowest BCUT2D eigenvalue weighted by atomic mass is 9.91. The van der Waals surface area contributed by atoms with Gasteiger partial charge >= 0.3 is 5.97 Å². The third-order valence-corrected chi connectivity index (χ3v) is 5.07. The number of rotatable bonds is 3. The molecule has 25 heavy (non-hydrogen) atoms. The van der Waals surface area contributed by atoms with Gasteiger partial charge in [-0.25, -0.2) is 9.18 Å². The molecule has 0 radical (unpaired) electrons. The number of amides is 2. The Labute approximate surface area is 145 Å². The molecule has 2 saturated heterocycles. The van der Waals surface area contributed by atoms with Crippen molar-refractivity contribution in [1.29, 1.82) is 0 Å². The highest BCUT2D eigenvalue weighted by molar-refractivity contribution is 6.10. The summed E-state index contributed by atoms with van der Waals surface area (Å²) in [4.78, 5) is 39.8. The number of aliphatic carboxylic acids is 1. The van der Waals surface area contributed by atoms with Gasteiger partial charge in [0.05, 0.1) is 0 Å². The van der Waals surface area contributed by atoms with Crippen molar-refractivity contribution in [2.75, 3.05) is 18.0 Å². The van der Waals surface area contributed by atoms with Crippen molar-refractivity contribution in [3.63, 3.8) is 0 Å². The minimum atomic E-state index is -1.03. The Morgan fingerprint density at radius 1 is 1.16 bits per heavy atom. The molecule has 6 nitrogen and oxygen atoms in total. The van der Waals surface area contributed by atoms with Crippen LogP contribution in [0.25, 0.3) is 0 Å². The lowest BCUT2D eigenvalue weighted by molar-refractivity contribution is -0.156. The Morgan fingerprint density at radius 3 is 2.48 bits per heavy atom. The molecule has 2 fully saturated rings. The van der Waals surface area contributed by atoms with E-state index in [-0.39, 0.29) is 11.8 Å². The molecular weight excluding hydrogens is 327 g/mol. The number of anilines is 1. The third-order valence-electron chi connectivity index (χ3n) is 5.07. The number of hydrogen-bond donors (Lipinski definition) is 1. The van der Waals surface area contributed by atoms with Crippen LogP contribution in [0, 0.1) is 17.7 Å². The van der Waals surface area contributed by atoms with Gasteiger partial charge in [-0.2, -0.15) is 0 Å². The second kappa shape index (κ2) is 6.82. The molecule has 1 aromatic rings. The molecule has 134 valence electrons. The van der Waals surface area contributed by atoms with Crippen molar-refractivity contribution in [2.24, 2.45) is 11.8 Å². The Hall–Kier alpha value is -2.44. The summed E-state index contributed by atoms with van der Waals surface area (Å²) in [7, 11) is 0. The predicted molar refractivity (Wildman–Crippen MR) is 88.4 cm³/mol. The van der Waals surface area contributed by atoms with Crippen LogP contribution in [0.1, 0.15) is 26.2 Å². The van der Waals surface area contributed by atoms with Gasteiger partial charge in [0.15, 0.2) is 0 Å². The van der Waals surface area contributed by atoms with E-state index >= 15 is 0 Å². The van der Waals surface area contributed by atoms with Crippen LogP contribution in [0.4, 0.5) is 10.1 Å². The van der Waals surface area contributed by atoms with Crippen LogP contribution in [0.5, 0.6) is 0 Å². The number of likely N-dealkylation sites (tertiary alicyclic amines) is 1. The summed E-state index contributed by atoms with van der Waals surface area (Å²) >= 11 is 0. The van der Waals surface area contributed by atoms with E-state index in [0.29, 0.717) is 31.6 Å². The molecule has 1 aromatic carbocycles. The summed E-state index contributed by atoms with van der Waals surface area (Å²) in [5.74, 6) is -2.80. The Bertz CT molecular complexity index is 691. The first kappa shape index (κ1) is 17.4. The number of nitrogens with zero attached hydrogens (tertiary/aromatic N) is 2. The second-order valence-electron chi connectivity index (χ2n) is 6.82. The largest absolute Gasteiger partial charge is 0.480 e. The lowest BCUT2D eigenvalue weighted by Crippen LogP contribution is -2.52. The number of carbonyl (C=O) groups excluding carboxylic acids is 2. The number of piperidine rings is 1. The summed E-state index contributed by atoms with van der Waals surface area (Å²) in [5.41, 5.74) is 0.545. The first-order chi connectivity index (χ1) is 11.9. The molecule has 0 saturated carbocycles. The summed E-state index contributed by atoms with van der Waals surface area (Å²) in [6.07, 6.45) is 1.48. The van der Waals surface area contributed by atoms with Gasteiger partial charge < -0.3 is 14.9 Å². The van der Waals surface area contributed by atoms with Crippen molar-refractivity contribution in [2.45, 2.75) is 32.2 Å². The zero-order chi connectivity index (χ0) is 18.1. The maximum Gasteiger partial charge on any atom is 0.326 e. The monoisotopic (exact) mass is 348 g/mol. The molecule has 0 aliphatic carbocycles. The maximum atomic E-state index is 13.0. The number of carbonyl (C=O) groups is 3. The van der Waals surface area contributed by atoms with Gasteiger partial charge in [0.1, 0.15) is 17.8 Å². The lowest BCUT2D eigenvalue weighted by Gasteiger charge is -2.37. The number of carboxylic acid groups (broad SMARTS) is 1. The zero-order valence-electron chi connectivity index (χ0n) is 14.0. The van der Waals surface area contributed by atoms with Gasteiger partial charge in [-0.15, -0.1) is 0 Å². The quantitative estimate of drug-likeness (QED) is 0.846. The van der Waals surface area contributed by atoms with Crippen molar-refractivity contribution in [1.82, 2.24) is 4.90 Å². The highest BCUT2D eigenvalue weighted by atomic mass is 19.1. The predicted octanol–water partition coefficient (Wildman–Crippen LogP) is 1.89. The van der Waals surface area contributed by atoms with Gasteiger partial charge in [-0.05, 0) is 49.4 Å². The number of carboxylic acids is 1. The maximum absolute atomic E-state index is 13.0. The van der Waals surface area contributed by atoms with E-state index in [1.165, 1.54) is 34.1 Å². The molecular formula is C18H21FN2O4. The molecule has 3 atom stereocenters. The number of benzene rings is 1. The van der Waals surface area contributed by atoms with Crippen LogP contribution in [-0.4, -0.2) is 46.9 Å². The summed E-state index contributed by atoms with van der Waals surface area (Å²) < 4.78 is 13.0. The van der Waals surface area contributed by atoms with Crippen molar-refractivity contribution in [3.05, 3.63) is 30.1 Å². The average Bonchev–Trinajstić information content (AvgIpc) is 2.96. The summed E-state index contributed by atoms with van der Waals surface area (Å²) in [6, 6.07) is 4.67. The van der Waals surface area contributed by atoms with E-state index in [1.54, 1.807) is 0 Å². The molecule has 3 rings (SSSR count). The van der Waals surface area contributed by atoms with Crippen LogP contribution in [0.2, 0.25) is 0 Å². The molecule has 0 aromatic heterocycles. The Morgan fingerprint density at radius 2 is 1.84 bits per heavy atom. The Kier molecular flexibility index (Phi) is 4.74. The minimum absolute atomic E-state index is 0.236. The minimum Gasteiger partial charge on any atom is -0.480 e. The summed E-state index contributed by atoms with van der Waals surface area (Å²) in [6.45, 7) is 2.69. The fraction of sp³-hybridized carbons (Fsp3) is 0.500. The summed E-state index contributed by atoms with van der Waals surface area (Å²) in [5, 5.41) is 9.42. The smallest absolute Gasteiger partial charge is 0.326 e. The third kappa shape index (κ3) is 3.36. The van der Waals surface area contributed by atoms with Gasteiger partial charge in [0.25, 0.3) is 0 Å². The highest BCUT2D eigenvalue weighted by Crippen LogP contribution is 2.30. The van der Waals surface area contributed by atoms with Crippen LogP contribution in [0.15, 0.2) is 24.3 Å². The van der Waals surface area contributed by atoms with Gasteiger partial charge in [-0.1, -0.05) is 6.92 Å². The number of halogens is 1. The highest BCUT2D eigenvalue weighted by Gasteiger charge is 2.44. The molecule has 2 amide bonds. The SMILES string of the molecule is CC1CCN(C(=O)C2CCN(c3ccc(F)cc3)C2=O)C(C(=O)O)C1. The Balaban J connectivity index is 1.75.